The summed E-state index contributed by atoms with van der Waals surface area (Å²) in [5.74, 6) is 0.699. The maximum atomic E-state index is 9.32. The molecule has 0 N–H and O–H groups in total. The van der Waals surface area contributed by atoms with E-state index in [1.807, 2.05) is 18.2 Å². The van der Waals surface area contributed by atoms with Crippen molar-refractivity contribution in [3.63, 3.8) is 0 Å². The highest BCUT2D eigenvalue weighted by Gasteiger charge is 2.36. The Morgan fingerprint density at radius 1 is 1.20 bits per heavy atom. The van der Waals surface area contributed by atoms with Gasteiger partial charge in [-0.15, -0.1) is 0 Å². The molecule has 0 heterocycles. The number of ether oxygens (including phenoxy) is 1. The molecule has 0 amide bonds. The zero-order chi connectivity index (χ0) is 14.6. The largest absolute Gasteiger partial charge is 0.372 e. The average Bonchev–Trinajstić information content (AvgIpc) is 2.45. The Balaban J connectivity index is 1.97. The lowest BCUT2D eigenvalue weighted by Crippen LogP contribution is -2.36. The van der Waals surface area contributed by atoms with Crippen molar-refractivity contribution in [1.29, 1.82) is 5.26 Å². The normalized spacial score (nSPS) is 27.0. The topological polar surface area (TPSA) is 33.0 Å². The first kappa shape index (κ1) is 15.1. The van der Waals surface area contributed by atoms with Gasteiger partial charge < -0.3 is 4.74 Å². The summed E-state index contributed by atoms with van der Waals surface area (Å²) in [6.45, 7) is 7.48. The number of nitrogens with zero attached hydrogens (tertiary/aromatic N) is 1. The fourth-order valence-electron chi connectivity index (χ4n) is 3.03. The van der Waals surface area contributed by atoms with E-state index in [1.165, 1.54) is 5.56 Å². The average molecular weight is 271 g/mol. The molecule has 3 unspecified atom stereocenters. The molecule has 3 atom stereocenters. The highest BCUT2D eigenvalue weighted by atomic mass is 16.5. The molecule has 0 spiro atoms. The summed E-state index contributed by atoms with van der Waals surface area (Å²) in [5, 5.41) is 9.32. The molecule has 20 heavy (non-hydrogen) atoms. The third-order valence-electron chi connectivity index (χ3n) is 4.49. The Kier molecular flexibility index (Phi) is 4.83. The SMILES string of the molecule is CC(C)(C)C1CCC(C#N)C(OCc2ccccc2)C1. The molecule has 0 aliphatic heterocycles. The van der Waals surface area contributed by atoms with Crippen LogP contribution in [0.25, 0.3) is 0 Å². The van der Waals surface area contributed by atoms with Crippen LogP contribution in [0.5, 0.6) is 0 Å². The minimum atomic E-state index is 0.0531. The molecule has 1 fully saturated rings. The molecule has 1 aromatic carbocycles. The lowest BCUT2D eigenvalue weighted by Gasteiger charge is -2.39. The number of nitriles is 1. The third kappa shape index (κ3) is 3.84. The second-order valence-electron chi connectivity index (χ2n) is 6.95. The van der Waals surface area contributed by atoms with Gasteiger partial charge in [-0.2, -0.15) is 5.26 Å². The van der Waals surface area contributed by atoms with E-state index in [0.29, 0.717) is 17.9 Å². The monoisotopic (exact) mass is 271 g/mol. The van der Waals surface area contributed by atoms with Gasteiger partial charge in [0, 0.05) is 0 Å². The summed E-state index contributed by atoms with van der Waals surface area (Å²) in [5.41, 5.74) is 1.48. The number of hydrogen-bond donors (Lipinski definition) is 0. The molecule has 1 saturated carbocycles. The molecule has 1 aromatic rings. The van der Waals surface area contributed by atoms with Crippen molar-refractivity contribution in [2.24, 2.45) is 17.3 Å². The van der Waals surface area contributed by atoms with Crippen LogP contribution in [0.15, 0.2) is 30.3 Å². The van der Waals surface area contributed by atoms with Gasteiger partial charge >= 0.3 is 0 Å². The van der Waals surface area contributed by atoms with Crippen LogP contribution in [0.1, 0.15) is 45.6 Å². The van der Waals surface area contributed by atoms with Gasteiger partial charge in [-0.1, -0.05) is 51.1 Å². The Morgan fingerprint density at radius 3 is 2.50 bits per heavy atom. The van der Waals surface area contributed by atoms with Gasteiger partial charge in [0.15, 0.2) is 0 Å². The minimum absolute atomic E-state index is 0.0531. The fraction of sp³-hybridized carbons (Fsp3) is 0.611. The lowest BCUT2D eigenvalue weighted by atomic mass is 9.69. The van der Waals surface area contributed by atoms with Crippen LogP contribution in [0.3, 0.4) is 0 Å². The summed E-state index contributed by atoms with van der Waals surface area (Å²) < 4.78 is 6.08. The summed E-state index contributed by atoms with van der Waals surface area (Å²) >= 11 is 0. The van der Waals surface area contributed by atoms with Crippen molar-refractivity contribution in [2.45, 2.75) is 52.7 Å². The summed E-state index contributed by atoms with van der Waals surface area (Å²) in [6, 6.07) is 12.7. The maximum absolute atomic E-state index is 9.32. The summed E-state index contributed by atoms with van der Waals surface area (Å²) in [7, 11) is 0. The van der Waals surface area contributed by atoms with Crippen molar-refractivity contribution in [3.8, 4) is 6.07 Å². The molecule has 0 saturated heterocycles. The molecule has 1 aliphatic carbocycles. The van der Waals surface area contributed by atoms with Crippen LogP contribution in [0.2, 0.25) is 0 Å². The predicted molar refractivity (Wildman–Crippen MR) is 80.9 cm³/mol. The van der Waals surface area contributed by atoms with Crippen LogP contribution in [-0.2, 0) is 11.3 Å². The fourth-order valence-corrected chi connectivity index (χ4v) is 3.03. The molecule has 1 aliphatic rings. The van der Waals surface area contributed by atoms with Gasteiger partial charge in [-0.3, -0.25) is 0 Å². The first-order chi connectivity index (χ1) is 9.50. The van der Waals surface area contributed by atoms with E-state index in [-0.39, 0.29) is 12.0 Å². The van der Waals surface area contributed by atoms with Crippen LogP contribution < -0.4 is 0 Å². The van der Waals surface area contributed by atoms with Crippen molar-refractivity contribution < 1.29 is 4.74 Å². The van der Waals surface area contributed by atoms with Gasteiger partial charge in [0.1, 0.15) is 0 Å². The molecule has 108 valence electrons. The standard InChI is InChI=1S/C18H25NO/c1-18(2,3)16-10-9-15(12-19)17(11-16)20-13-14-7-5-4-6-8-14/h4-8,15-17H,9-11,13H2,1-3H3. The van der Waals surface area contributed by atoms with Gasteiger partial charge in [-0.25, -0.2) is 0 Å². The highest BCUT2D eigenvalue weighted by molar-refractivity contribution is 5.13. The van der Waals surface area contributed by atoms with E-state index in [4.69, 9.17) is 4.74 Å². The summed E-state index contributed by atoms with van der Waals surface area (Å²) in [4.78, 5) is 0. The second-order valence-corrected chi connectivity index (χ2v) is 6.95. The number of benzene rings is 1. The first-order valence-corrected chi connectivity index (χ1v) is 7.56. The van der Waals surface area contributed by atoms with Crippen LogP contribution in [0, 0.1) is 28.6 Å². The van der Waals surface area contributed by atoms with E-state index >= 15 is 0 Å². The molecule has 0 bridgehead atoms. The summed E-state index contributed by atoms with van der Waals surface area (Å²) in [6.07, 6.45) is 3.21. The van der Waals surface area contributed by atoms with E-state index < -0.39 is 0 Å². The number of rotatable bonds is 3. The Labute approximate surface area is 122 Å². The third-order valence-corrected chi connectivity index (χ3v) is 4.49. The first-order valence-electron chi connectivity index (χ1n) is 7.56. The van der Waals surface area contributed by atoms with Crippen molar-refractivity contribution in [3.05, 3.63) is 35.9 Å². The Morgan fingerprint density at radius 2 is 1.90 bits per heavy atom. The quantitative estimate of drug-likeness (QED) is 0.807. The zero-order valence-electron chi connectivity index (χ0n) is 12.8. The minimum Gasteiger partial charge on any atom is -0.372 e. The van der Waals surface area contributed by atoms with E-state index in [1.54, 1.807) is 0 Å². The van der Waals surface area contributed by atoms with Crippen LogP contribution in [0.4, 0.5) is 0 Å². The van der Waals surface area contributed by atoms with Crippen molar-refractivity contribution >= 4 is 0 Å². The van der Waals surface area contributed by atoms with Crippen molar-refractivity contribution in [1.82, 2.24) is 0 Å². The second kappa shape index (κ2) is 6.41. The maximum Gasteiger partial charge on any atom is 0.0740 e. The van der Waals surface area contributed by atoms with E-state index in [2.05, 4.69) is 39.0 Å². The Bertz CT molecular complexity index is 455. The molecule has 0 radical (unpaired) electrons. The van der Waals surface area contributed by atoms with Gasteiger partial charge in [0.2, 0.25) is 0 Å². The van der Waals surface area contributed by atoms with Gasteiger partial charge in [0.25, 0.3) is 0 Å². The van der Waals surface area contributed by atoms with Gasteiger partial charge in [-0.05, 0) is 36.2 Å². The number of hydrogen-bond acceptors (Lipinski definition) is 2. The van der Waals surface area contributed by atoms with Crippen LogP contribution in [-0.4, -0.2) is 6.10 Å². The lowest BCUT2D eigenvalue weighted by molar-refractivity contribution is -0.0366. The van der Waals surface area contributed by atoms with Crippen LogP contribution >= 0.6 is 0 Å². The molecule has 2 nitrogen and oxygen atoms in total. The van der Waals surface area contributed by atoms with Gasteiger partial charge in [0.05, 0.1) is 24.7 Å². The molecule has 2 rings (SSSR count). The zero-order valence-corrected chi connectivity index (χ0v) is 12.8. The highest BCUT2D eigenvalue weighted by Crippen LogP contribution is 2.41. The molecule has 0 aromatic heterocycles. The Hall–Kier alpha value is -1.33. The molecular formula is C18H25NO. The molecular weight excluding hydrogens is 246 g/mol. The van der Waals surface area contributed by atoms with Crippen molar-refractivity contribution in [2.75, 3.05) is 0 Å². The molecule has 2 heteroatoms. The predicted octanol–water partition coefficient (Wildman–Crippen LogP) is 4.56. The van der Waals surface area contributed by atoms with E-state index in [9.17, 15) is 5.26 Å². The van der Waals surface area contributed by atoms with E-state index in [0.717, 1.165) is 19.3 Å². The smallest absolute Gasteiger partial charge is 0.0740 e.